The van der Waals surface area contributed by atoms with Crippen LogP contribution in [0.15, 0.2) is 29.1 Å². The molecule has 1 aromatic carbocycles. The molecule has 1 aromatic heterocycles. The van der Waals surface area contributed by atoms with Crippen molar-refractivity contribution in [3.05, 3.63) is 56.5 Å². The zero-order valence-corrected chi connectivity index (χ0v) is 11.4. The molecule has 2 rings (SSSR count). The Balaban J connectivity index is 2.88. The Morgan fingerprint density at radius 3 is 2.48 bits per heavy atom. The van der Waals surface area contributed by atoms with Gasteiger partial charge in [-0.1, -0.05) is 11.6 Å². The lowest BCUT2D eigenvalue weighted by atomic mass is 9.96. The SMILES string of the molecule is Cc1cc(-c2cc(Cl)ccc2C(F)(F)F)c(C#N)c(=O)[nH]1. The molecule has 108 valence electrons. The number of hydrogen-bond acceptors (Lipinski definition) is 2. The van der Waals surface area contributed by atoms with Gasteiger partial charge in [-0.25, -0.2) is 0 Å². The van der Waals surface area contributed by atoms with Crippen molar-refractivity contribution in [3.63, 3.8) is 0 Å². The van der Waals surface area contributed by atoms with E-state index < -0.39 is 17.3 Å². The van der Waals surface area contributed by atoms with Gasteiger partial charge in [-0.2, -0.15) is 18.4 Å². The molecule has 0 spiro atoms. The van der Waals surface area contributed by atoms with Gasteiger partial charge in [0.15, 0.2) is 0 Å². The highest BCUT2D eigenvalue weighted by atomic mass is 35.5. The van der Waals surface area contributed by atoms with Crippen molar-refractivity contribution in [1.82, 2.24) is 4.98 Å². The molecule has 3 nitrogen and oxygen atoms in total. The van der Waals surface area contributed by atoms with Crippen LogP contribution in [0.25, 0.3) is 11.1 Å². The van der Waals surface area contributed by atoms with E-state index in [2.05, 4.69) is 4.98 Å². The summed E-state index contributed by atoms with van der Waals surface area (Å²) in [5.41, 5.74) is -2.10. The maximum Gasteiger partial charge on any atom is 0.417 e. The lowest BCUT2D eigenvalue weighted by Gasteiger charge is -2.14. The first-order chi connectivity index (χ1) is 9.74. The molecule has 0 saturated carbocycles. The molecular formula is C14H8ClF3N2O. The van der Waals surface area contributed by atoms with E-state index in [1.54, 1.807) is 6.07 Å². The Hall–Kier alpha value is -2.26. The number of rotatable bonds is 1. The fourth-order valence-electron chi connectivity index (χ4n) is 2.00. The Kier molecular flexibility index (Phi) is 3.79. The number of hydrogen-bond donors (Lipinski definition) is 1. The Morgan fingerprint density at radius 1 is 1.24 bits per heavy atom. The second-order valence-corrected chi connectivity index (χ2v) is 4.81. The zero-order chi connectivity index (χ0) is 15.8. The number of nitrogens with zero attached hydrogens (tertiary/aromatic N) is 1. The molecule has 0 unspecified atom stereocenters. The summed E-state index contributed by atoms with van der Waals surface area (Å²) in [5.74, 6) is 0. The molecule has 0 bridgehead atoms. The summed E-state index contributed by atoms with van der Waals surface area (Å²) in [7, 11) is 0. The van der Waals surface area contributed by atoms with Crippen LogP contribution in [0.3, 0.4) is 0 Å². The van der Waals surface area contributed by atoms with Crippen LogP contribution >= 0.6 is 11.6 Å². The predicted octanol–water partition coefficient (Wildman–Crippen LogP) is 3.89. The monoisotopic (exact) mass is 312 g/mol. The summed E-state index contributed by atoms with van der Waals surface area (Å²) in [6.07, 6.45) is -4.62. The van der Waals surface area contributed by atoms with E-state index >= 15 is 0 Å². The van der Waals surface area contributed by atoms with Crippen molar-refractivity contribution < 1.29 is 13.2 Å². The molecule has 0 fully saturated rings. The molecule has 21 heavy (non-hydrogen) atoms. The number of aromatic amines is 1. The second-order valence-electron chi connectivity index (χ2n) is 4.37. The smallest absolute Gasteiger partial charge is 0.325 e. The number of H-pyrrole nitrogens is 1. The van der Waals surface area contributed by atoms with Gasteiger partial charge < -0.3 is 4.98 Å². The fourth-order valence-corrected chi connectivity index (χ4v) is 2.17. The van der Waals surface area contributed by atoms with Gasteiger partial charge in [0.05, 0.1) is 5.56 Å². The van der Waals surface area contributed by atoms with Crippen molar-refractivity contribution in [2.45, 2.75) is 13.1 Å². The summed E-state index contributed by atoms with van der Waals surface area (Å²) in [4.78, 5) is 14.1. The van der Waals surface area contributed by atoms with Crippen molar-refractivity contribution in [2.24, 2.45) is 0 Å². The summed E-state index contributed by atoms with van der Waals surface area (Å²) in [6, 6.07) is 5.99. The van der Waals surface area contributed by atoms with E-state index in [-0.39, 0.29) is 21.7 Å². The van der Waals surface area contributed by atoms with E-state index in [4.69, 9.17) is 16.9 Å². The minimum Gasteiger partial charge on any atom is -0.325 e. The van der Waals surface area contributed by atoms with Gasteiger partial charge in [-0.05, 0) is 36.8 Å². The average molecular weight is 313 g/mol. The molecule has 2 aromatic rings. The number of aryl methyl sites for hydroxylation is 1. The predicted molar refractivity (Wildman–Crippen MR) is 72.0 cm³/mol. The number of aromatic nitrogens is 1. The highest BCUT2D eigenvalue weighted by Gasteiger charge is 2.34. The zero-order valence-electron chi connectivity index (χ0n) is 10.7. The van der Waals surface area contributed by atoms with Gasteiger partial charge in [-0.3, -0.25) is 4.79 Å². The van der Waals surface area contributed by atoms with E-state index in [1.165, 1.54) is 13.0 Å². The van der Waals surface area contributed by atoms with Crippen LogP contribution in [0.4, 0.5) is 13.2 Å². The van der Waals surface area contributed by atoms with Crippen LogP contribution in [-0.4, -0.2) is 4.98 Å². The molecule has 0 aliphatic rings. The Bertz CT molecular complexity index is 803. The van der Waals surface area contributed by atoms with Crippen LogP contribution in [-0.2, 0) is 6.18 Å². The molecule has 0 aliphatic heterocycles. The van der Waals surface area contributed by atoms with Crippen molar-refractivity contribution in [3.8, 4) is 17.2 Å². The normalized spacial score (nSPS) is 11.2. The Morgan fingerprint density at radius 2 is 1.90 bits per heavy atom. The highest BCUT2D eigenvalue weighted by molar-refractivity contribution is 6.30. The van der Waals surface area contributed by atoms with Crippen molar-refractivity contribution in [2.75, 3.05) is 0 Å². The molecule has 1 heterocycles. The first kappa shape index (κ1) is 15.1. The minimum atomic E-state index is -4.62. The van der Waals surface area contributed by atoms with Crippen LogP contribution in [0.1, 0.15) is 16.8 Å². The lowest BCUT2D eigenvalue weighted by molar-refractivity contribution is -0.137. The molecule has 0 amide bonds. The second kappa shape index (κ2) is 5.26. The summed E-state index contributed by atoms with van der Waals surface area (Å²) in [5, 5.41) is 9.11. The third-order valence-electron chi connectivity index (χ3n) is 2.86. The number of halogens is 4. The molecule has 0 saturated heterocycles. The minimum absolute atomic E-state index is 0.0832. The summed E-state index contributed by atoms with van der Waals surface area (Å²) < 4.78 is 39.3. The van der Waals surface area contributed by atoms with E-state index in [0.29, 0.717) is 5.69 Å². The topological polar surface area (TPSA) is 56.6 Å². The van der Waals surface area contributed by atoms with Crippen molar-refractivity contribution in [1.29, 1.82) is 5.26 Å². The first-order valence-electron chi connectivity index (χ1n) is 5.75. The maximum atomic E-state index is 13.1. The molecular weight excluding hydrogens is 305 g/mol. The number of nitrogens with one attached hydrogen (secondary N) is 1. The third kappa shape index (κ3) is 2.93. The van der Waals surface area contributed by atoms with Crippen LogP contribution < -0.4 is 5.56 Å². The average Bonchev–Trinajstić information content (AvgIpc) is 2.36. The van der Waals surface area contributed by atoms with Crippen molar-refractivity contribution >= 4 is 11.6 Å². The van der Waals surface area contributed by atoms with Gasteiger partial charge in [0, 0.05) is 16.3 Å². The standard InChI is InChI=1S/C14H8ClF3N2O/c1-7-4-9(11(6-19)13(21)20-7)10-5-8(15)2-3-12(10)14(16,17)18/h2-5H,1H3,(H,20,21). The van der Waals surface area contributed by atoms with Gasteiger partial charge in [0.2, 0.25) is 0 Å². The van der Waals surface area contributed by atoms with E-state index in [9.17, 15) is 18.0 Å². The van der Waals surface area contributed by atoms with E-state index in [1.807, 2.05) is 0 Å². The molecule has 7 heteroatoms. The molecule has 0 atom stereocenters. The number of benzene rings is 1. The Labute approximate surface area is 122 Å². The molecule has 0 radical (unpaired) electrons. The third-order valence-corrected chi connectivity index (χ3v) is 3.09. The first-order valence-corrected chi connectivity index (χ1v) is 6.13. The van der Waals surface area contributed by atoms with Gasteiger partial charge in [-0.15, -0.1) is 0 Å². The number of alkyl halides is 3. The highest BCUT2D eigenvalue weighted by Crippen LogP contribution is 2.39. The van der Waals surface area contributed by atoms with Gasteiger partial charge in [0.25, 0.3) is 5.56 Å². The maximum absolute atomic E-state index is 13.1. The lowest BCUT2D eigenvalue weighted by Crippen LogP contribution is -2.14. The largest absolute Gasteiger partial charge is 0.417 e. The number of pyridine rings is 1. The van der Waals surface area contributed by atoms with Gasteiger partial charge in [0.1, 0.15) is 11.6 Å². The van der Waals surface area contributed by atoms with Crippen LogP contribution in [0.2, 0.25) is 5.02 Å². The molecule has 0 aliphatic carbocycles. The van der Waals surface area contributed by atoms with Gasteiger partial charge >= 0.3 is 6.18 Å². The van der Waals surface area contributed by atoms with Crippen LogP contribution in [0, 0.1) is 18.3 Å². The molecule has 1 N–H and O–H groups in total. The summed E-state index contributed by atoms with van der Waals surface area (Å²) >= 11 is 5.76. The van der Waals surface area contributed by atoms with Crippen LogP contribution in [0.5, 0.6) is 0 Å². The number of nitriles is 1. The quantitative estimate of drug-likeness (QED) is 0.868. The fraction of sp³-hybridized carbons (Fsp3) is 0.143. The summed E-state index contributed by atoms with van der Waals surface area (Å²) in [6.45, 7) is 1.52. The van der Waals surface area contributed by atoms with E-state index in [0.717, 1.165) is 18.2 Å².